The number of hydrogen-bond donors (Lipinski definition) is 2. The monoisotopic (exact) mass is 318 g/mol. The van der Waals surface area contributed by atoms with E-state index in [1.807, 2.05) is 0 Å². The second kappa shape index (κ2) is 6.95. The van der Waals surface area contributed by atoms with E-state index in [0.29, 0.717) is 22.0 Å². The molecule has 0 aliphatic heterocycles. The van der Waals surface area contributed by atoms with Gasteiger partial charge < -0.3 is 15.8 Å². The zero-order chi connectivity index (χ0) is 16.1. The molecule has 0 saturated carbocycles. The summed E-state index contributed by atoms with van der Waals surface area (Å²) in [5.41, 5.74) is 6.00. The van der Waals surface area contributed by atoms with Crippen molar-refractivity contribution >= 4 is 29.1 Å². The molecule has 114 valence electrons. The molecule has 2 aromatic rings. The first-order chi connectivity index (χ1) is 10.5. The number of rotatable bonds is 5. The van der Waals surface area contributed by atoms with Crippen LogP contribution in [-0.2, 0) is 4.79 Å². The summed E-state index contributed by atoms with van der Waals surface area (Å²) < 4.78 is 5.52. The van der Waals surface area contributed by atoms with E-state index in [9.17, 15) is 9.59 Å². The molecule has 22 heavy (non-hydrogen) atoms. The van der Waals surface area contributed by atoms with Crippen LogP contribution in [0, 0.1) is 0 Å². The van der Waals surface area contributed by atoms with Crippen molar-refractivity contribution < 1.29 is 14.3 Å². The lowest BCUT2D eigenvalue weighted by molar-refractivity contribution is -0.122. The van der Waals surface area contributed by atoms with E-state index in [0.717, 1.165) is 0 Å². The molecular weight excluding hydrogens is 304 g/mol. The van der Waals surface area contributed by atoms with Gasteiger partial charge in [0.15, 0.2) is 6.10 Å². The number of hydrogen-bond acceptors (Lipinski definition) is 3. The maximum atomic E-state index is 12.1. The molecule has 0 heterocycles. The molecule has 0 fully saturated rings. The lowest BCUT2D eigenvalue weighted by Gasteiger charge is -2.15. The molecule has 2 aromatic carbocycles. The molecule has 6 heteroatoms. The van der Waals surface area contributed by atoms with E-state index >= 15 is 0 Å². The van der Waals surface area contributed by atoms with E-state index in [-0.39, 0.29) is 5.91 Å². The number of benzene rings is 2. The summed E-state index contributed by atoms with van der Waals surface area (Å²) in [7, 11) is 0. The Morgan fingerprint density at radius 1 is 1.18 bits per heavy atom. The van der Waals surface area contributed by atoms with Crippen molar-refractivity contribution in [1.29, 1.82) is 0 Å². The minimum atomic E-state index is -0.710. The van der Waals surface area contributed by atoms with E-state index in [1.54, 1.807) is 49.4 Å². The van der Waals surface area contributed by atoms with Crippen LogP contribution in [-0.4, -0.2) is 17.9 Å². The highest BCUT2D eigenvalue weighted by atomic mass is 35.5. The van der Waals surface area contributed by atoms with Crippen molar-refractivity contribution in [2.24, 2.45) is 5.73 Å². The Labute approximate surface area is 133 Å². The number of nitrogens with two attached hydrogens (primary N) is 1. The average molecular weight is 319 g/mol. The van der Waals surface area contributed by atoms with Gasteiger partial charge in [-0.3, -0.25) is 9.59 Å². The Kier molecular flexibility index (Phi) is 5.01. The van der Waals surface area contributed by atoms with Crippen molar-refractivity contribution in [3.05, 3.63) is 59.1 Å². The quantitative estimate of drug-likeness (QED) is 0.889. The first-order valence-electron chi connectivity index (χ1n) is 6.58. The summed E-state index contributed by atoms with van der Waals surface area (Å²) in [6.07, 6.45) is -0.710. The molecule has 2 rings (SSSR count). The predicted octanol–water partition coefficient (Wildman–Crippen LogP) is 2.84. The highest BCUT2D eigenvalue weighted by molar-refractivity contribution is 6.30. The number of amides is 2. The van der Waals surface area contributed by atoms with Crippen LogP contribution in [0.25, 0.3) is 0 Å². The molecule has 0 radical (unpaired) electrons. The molecule has 3 N–H and O–H groups in total. The van der Waals surface area contributed by atoms with Crippen molar-refractivity contribution in [3.8, 4) is 5.75 Å². The fourth-order valence-electron chi connectivity index (χ4n) is 1.76. The minimum absolute atomic E-state index is 0.323. The third kappa shape index (κ3) is 4.23. The van der Waals surface area contributed by atoms with Gasteiger partial charge >= 0.3 is 0 Å². The van der Waals surface area contributed by atoms with Gasteiger partial charge in [-0.25, -0.2) is 0 Å². The molecular formula is C16H15ClN2O3. The third-order valence-corrected chi connectivity index (χ3v) is 3.16. The van der Waals surface area contributed by atoms with Crippen molar-refractivity contribution in [2.45, 2.75) is 13.0 Å². The highest BCUT2D eigenvalue weighted by Gasteiger charge is 2.15. The van der Waals surface area contributed by atoms with Gasteiger partial charge in [-0.1, -0.05) is 17.7 Å². The number of primary amides is 1. The molecule has 0 bridgehead atoms. The minimum Gasteiger partial charge on any atom is -0.481 e. The van der Waals surface area contributed by atoms with Gasteiger partial charge in [0.1, 0.15) is 5.75 Å². The van der Waals surface area contributed by atoms with Crippen molar-refractivity contribution in [3.63, 3.8) is 0 Å². The summed E-state index contributed by atoms with van der Waals surface area (Å²) in [6.45, 7) is 1.63. The van der Waals surface area contributed by atoms with Crippen molar-refractivity contribution in [1.82, 2.24) is 0 Å². The SMILES string of the molecule is C[C@H](Oc1ccc(Cl)cc1)C(=O)Nc1cccc(C(N)=O)c1. The first kappa shape index (κ1) is 15.9. The Morgan fingerprint density at radius 3 is 2.50 bits per heavy atom. The maximum absolute atomic E-state index is 12.1. The van der Waals surface area contributed by atoms with E-state index in [4.69, 9.17) is 22.1 Å². The largest absolute Gasteiger partial charge is 0.481 e. The van der Waals surface area contributed by atoms with Crippen LogP contribution in [0.3, 0.4) is 0 Å². The molecule has 0 spiro atoms. The molecule has 0 saturated heterocycles. The zero-order valence-corrected chi connectivity index (χ0v) is 12.6. The molecule has 1 atom stereocenters. The number of nitrogens with one attached hydrogen (secondary N) is 1. The van der Waals surface area contributed by atoms with Crippen LogP contribution < -0.4 is 15.8 Å². The molecule has 2 amide bonds. The van der Waals surface area contributed by atoms with Crippen LogP contribution in [0.2, 0.25) is 5.02 Å². The number of carbonyl (C=O) groups excluding carboxylic acids is 2. The Morgan fingerprint density at radius 2 is 1.86 bits per heavy atom. The summed E-state index contributed by atoms with van der Waals surface area (Å²) in [4.78, 5) is 23.2. The fourth-order valence-corrected chi connectivity index (χ4v) is 1.89. The van der Waals surface area contributed by atoms with Gasteiger partial charge in [-0.05, 0) is 49.4 Å². The number of ether oxygens (including phenoxy) is 1. The van der Waals surface area contributed by atoms with Crippen molar-refractivity contribution in [2.75, 3.05) is 5.32 Å². The number of anilines is 1. The lowest BCUT2D eigenvalue weighted by atomic mass is 10.2. The Balaban J connectivity index is 2.00. The lowest BCUT2D eigenvalue weighted by Crippen LogP contribution is -2.30. The molecule has 0 aliphatic carbocycles. The molecule has 5 nitrogen and oxygen atoms in total. The van der Waals surface area contributed by atoms with E-state index in [2.05, 4.69) is 5.32 Å². The van der Waals surface area contributed by atoms with Gasteiger partial charge in [0.25, 0.3) is 5.91 Å². The maximum Gasteiger partial charge on any atom is 0.265 e. The molecule has 0 aromatic heterocycles. The summed E-state index contributed by atoms with van der Waals surface area (Å²) in [6, 6.07) is 13.1. The third-order valence-electron chi connectivity index (χ3n) is 2.91. The van der Waals surface area contributed by atoms with Gasteiger partial charge in [0, 0.05) is 16.3 Å². The van der Waals surface area contributed by atoms with Gasteiger partial charge in [0.05, 0.1) is 0 Å². The second-order valence-electron chi connectivity index (χ2n) is 4.65. The smallest absolute Gasteiger partial charge is 0.265 e. The van der Waals surface area contributed by atoms with Gasteiger partial charge in [-0.15, -0.1) is 0 Å². The Hall–Kier alpha value is -2.53. The Bertz CT molecular complexity index is 686. The molecule has 0 unspecified atom stereocenters. The fraction of sp³-hybridized carbons (Fsp3) is 0.125. The first-order valence-corrected chi connectivity index (χ1v) is 6.96. The van der Waals surface area contributed by atoms with Crippen LogP contribution >= 0.6 is 11.6 Å². The van der Waals surface area contributed by atoms with Gasteiger partial charge in [0.2, 0.25) is 5.91 Å². The normalized spacial score (nSPS) is 11.5. The number of halogens is 1. The molecule has 0 aliphatic rings. The van der Waals surface area contributed by atoms with Crippen LogP contribution in [0.5, 0.6) is 5.75 Å². The van der Waals surface area contributed by atoms with Crippen LogP contribution in [0.4, 0.5) is 5.69 Å². The standard InChI is InChI=1S/C16H15ClN2O3/c1-10(22-14-7-5-12(17)6-8-14)16(21)19-13-4-2-3-11(9-13)15(18)20/h2-10H,1H3,(H2,18,20)(H,19,21)/t10-/m0/s1. The summed E-state index contributed by atoms with van der Waals surface area (Å²) in [5.74, 6) is -0.351. The topological polar surface area (TPSA) is 81.4 Å². The van der Waals surface area contributed by atoms with E-state index in [1.165, 1.54) is 6.07 Å². The summed E-state index contributed by atoms with van der Waals surface area (Å²) >= 11 is 5.79. The van der Waals surface area contributed by atoms with Crippen LogP contribution in [0.1, 0.15) is 17.3 Å². The summed E-state index contributed by atoms with van der Waals surface area (Å²) in [5, 5.41) is 3.26. The predicted molar refractivity (Wildman–Crippen MR) is 85.1 cm³/mol. The van der Waals surface area contributed by atoms with E-state index < -0.39 is 12.0 Å². The highest BCUT2D eigenvalue weighted by Crippen LogP contribution is 2.17. The average Bonchev–Trinajstić information content (AvgIpc) is 2.49. The van der Waals surface area contributed by atoms with Crippen LogP contribution in [0.15, 0.2) is 48.5 Å². The second-order valence-corrected chi connectivity index (χ2v) is 5.08. The zero-order valence-electron chi connectivity index (χ0n) is 11.9. The van der Waals surface area contributed by atoms with Gasteiger partial charge in [-0.2, -0.15) is 0 Å². The number of carbonyl (C=O) groups is 2.